The molecule has 0 fully saturated rings. The lowest BCUT2D eigenvalue weighted by Crippen LogP contribution is -1.81. The summed E-state index contributed by atoms with van der Waals surface area (Å²) >= 11 is 0. The van der Waals surface area contributed by atoms with Crippen LogP contribution < -0.4 is 0 Å². The van der Waals surface area contributed by atoms with Gasteiger partial charge in [0.15, 0.2) is 0 Å². The van der Waals surface area contributed by atoms with E-state index in [1.807, 2.05) is 30.3 Å². The number of hydrogen-bond donors (Lipinski definition) is 1. The minimum atomic E-state index is -0.214. The van der Waals surface area contributed by atoms with Crippen LogP contribution in [0.2, 0.25) is 0 Å². The average Bonchev–Trinajstić information content (AvgIpc) is 2.92. The summed E-state index contributed by atoms with van der Waals surface area (Å²) in [6.07, 6.45) is 0. The van der Waals surface area contributed by atoms with Crippen molar-refractivity contribution in [3.8, 4) is 11.3 Å². The Morgan fingerprint density at radius 3 is 2.40 bits per heavy atom. The molecule has 0 atom stereocenters. The van der Waals surface area contributed by atoms with E-state index in [2.05, 4.69) is 29.2 Å². The van der Waals surface area contributed by atoms with Crippen LogP contribution in [0.15, 0.2) is 66.7 Å². The van der Waals surface area contributed by atoms with Gasteiger partial charge in [0.05, 0.1) is 5.52 Å². The minimum absolute atomic E-state index is 0.214. The van der Waals surface area contributed by atoms with Crippen LogP contribution in [0.4, 0.5) is 4.39 Å². The molecule has 0 spiro atoms. The van der Waals surface area contributed by atoms with Crippen molar-refractivity contribution in [1.82, 2.24) is 4.98 Å². The molecule has 0 unspecified atom stereocenters. The van der Waals surface area contributed by atoms with Crippen LogP contribution in [0.1, 0.15) is 0 Å². The highest BCUT2D eigenvalue weighted by atomic mass is 19.1. The summed E-state index contributed by atoms with van der Waals surface area (Å²) in [6.45, 7) is 0. The van der Waals surface area contributed by atoms with E-state index in [1.54, 1.807) is 6.07 Å². The monoisotopic (exact) mass is 261 g/mol. The molecule has 1 aromatic heterocycles. The highest BCUT2D eigenvalue weighted by Crippen LogP contribution is 2.30. The number of H-pyrrole nitrogens is 1. The van der Waals surface area contributed by atoms with Gasteiger partial charge in [0.1, 0.15) is 5.82 Å². The first-order chi connectivity index (χ1) is 9.83. The lowest BCUT2D eigenvalue weighted by Gasteiger charge is -2.04. The van der Waals surface area contributed by atoms with Crippen LogP contribution in [0.3, 0.4) is 0 Å². The van der Waals surface area contributed by atoms with Gasteiger partial charge < -0.3 is 4.98 Å². The van der Waals surface area contributed by atoms with E-state index in [4.69, 9.17) is 0 Å². The SMILES string of the molecule is Fc1cccc2cc(-c3cccc4ccccc34)[nH]c12. The predicted octanol–water partition coefficient (Wildman–Crippen LogP) is 5.13. The molecule has 1 N–H and O–H groups in total. The molecular weight excluding hydrogens is 249 g/mol. The molecule has 4 rings (SSSR count). The van der Waals surface area contributed by atoms with Gasteiger partial charge in [-0.05, 0) is 22.9 Å². The fourth-order valence-corrected chi connectivity index (χ4v) is 2.72. The molecule has 0 saturated carbocycles. The number of benzene rings is 3. The molecule has 0 saturated heterocycles. The van der Waals surface area contributed by atoms with Crippen molar-refractivity contribution in [3.63, 3.8) is 0 Å². The van der Waals surface area contributed by atoms with Crippen molar-refractivity contribution in [1.29, 1.82) is 0 Å². The molecule has 4 aromatic rings. The first-order valence-electron chi connectivity index (χ1n) is 6.58. The number of fused-ring (bicyclic) bond motifs is 2. The Morgan fingerprint density at radius 1 is 0.750 bits per heavy atom. The third kappa shape index (κ3) is 1.62. The summed E-state index contributed by atoms with van der Waals surface area (Å²) in [5, 5.41) is 3.25. The molecule has 0 aliphatic heterocycles. The summed E-state index contributed by atoms with van der Waals surface area (Å²) in [7, 11) is 0. The second-order valence-corrected chi connectivity index (χ2v) is 4.91. The van der Waals surface area contributed by atoms with Crippen LogP contribution in [-0.4, -0.2) is 4.98 Å². The third-order valence-electron chi connectivity index (χ3n) is 3.69. The first-order valence-corrected chi connectivity index (χ1v) is 6.58. The highest BCUT2D eigenvalue weighted by Gasteiger charge is 2.08. The van der Waals surface area contributed by atoms with Crippen LogP contribution in [0.5, 0.6) is 0 Å². The molecule has 1 heterocycles. The van der Waals surface area contributed by atoms with E-state index in [0.717, 1.165) is 16.6 Å². The van der Waals surface area contributed by atoms with E-state index in [-0.39, 0.29) is 5.82 Å². The smallest absolute Gasteiger partial charge is 0.147 e. The molecule has 20 heavy (non-hydrogen) atoms. The highest BCUT2D eigenvalue weighted by molar-refractivity contribution is 5.98. The Hall–Kier alpha value is -2.61. The molecule has 1 nitrogen and oxygen atoms in total. The molecule has 0 radical (unpaired) electrons. The van der Waals surface area contributed by atoms with Crippen molar-refractivity contribution in [2.24, 2.45) is 0 Å². The number of rotatable bonds is 1. The molecule has 96 valence electrons. The van der Waals surface area contributed by atoms with Crippen molar-refractivity contribution in [2.75, 3.05) is 0 Å². The molecule has 3 aromatic carbocycles. The minimum Gasteiger partial charge on any atom is -0.352 e. The fourth-order valence-electron chi connectivity index (χ4n) is 2.72. The Morgan fingerprint density at radius 2 is 1.50 bits per heavy atom. The van der Waals surface area contributed by atoms with Crippen molar-refractivity contribution in [2.45, 2.75) is 0 Å². The van der Waals surface area contributed by atoms with Crippen LogP contribution in [-0.2, 0) is 0 Å². The zero-order chi connectivity index (χ0) is 13.5. The van der Waals surface area contributed by atoms with Gasteiger partial charge in [-0.2, -0.15) is 0 Å². The molecular formula is C18H12FN. The van der Waals surface area contributed by atoms with Gasteiger partial charge in [-0.15, -0.1) is 0 Å². The third-order valence-corrected chi connectivity index (χ3v) is 3.69. The number of halogens is 1. The maximum atomic E-state index is 13.8. The second-order valence-electron chi connectivity index (χ2n) is 4.91. The molecule has 0 bridgehead atoms. The number of aromatic amines is 1. The van der Waals surface area contributed by atoms with Crippen molar-refractivity contribution >= 4 is 21.7 Å². The summed E-state index contributed by atoms with van der Waals surface area (Å²) in [6, 6.07) is 21.5. The number of hydrogen-bond acceptors (Lipinski definition) is 0. The van der Waals surface area contributed by atoms with Crippen molar-refractivity contribution in [3.05, 3.63) is 72.5 Å². The quantitative estimate of drug-likeness (QED) is 0.489. The zero-order valence-corrected chi connectivity index (χ0v) is 10.7. The standard InChI is InChI=1S/C18H12FN/c19-16-10-4-7-13-11-17(20-18(13)16)15-9-3-6-12-5-1-2-8-14(12)15/h1-11,20H. The number of aromatic nitrogens is 1. The molecule has 2 heteroatoms. The molecule has 0 aliphatic rings. The van der Waals surface area contributed by atoms with E-state index >= 15 is 0 Å². The van der Waals surface area contributed by atoms with Crippen LogP contribution >= 0.6 is 0 Å². The predicted molar refractivity (Wildman–Crippen MR) is 81.2 cm³/mol. The van der Waals surface area contributed by atoms with Crippen LogP contribution in [0.25, 0.3) is 32.9 Å². The van der Waals surface area contributed by atoms with Crippen LogP contribution in [0, 0.1) is 5.82 Å². The van der Waals surface area contributed by atoms with Gasteiger partial charge >= 0.3 is 0 Å². The fraction of sp³-hybridized carbons (Fsp3) is 0. The summed E-state index contributed by atoms with van der Waals surface area (Å²) in [5.41, 5.74) is 2.61. The molecule has 0 aliphatic carbocycles. The molecule has 0 amide bonds. The van der Waals surface area contributed by atoms with E-state index in [0.29, 0.717) is 5.52 Å². The first kappa shape index (κ1) is 11.2. The Bertz CT molecular complexity index is 916. The lowest BCUT2D eigenvalue weighted by molar-refractivity contribution is 0.637. The van der Waals surface area contributed by atoms with Gasteiger partial charge in [-0.3, -0.25) is 0 Å². The second kappa shape index (κ2) is 4.20. The Labute approximate surface area is 115 Å². The Kier molecular flexibility index (Phi) is 2.36. The summed E-state index contributed by atoms with van der Waals surface area (Å²) in [5.74, 6) is -0.214. The maximum absolute atomic E-state index is 13.8. The topological polar surface area (TPSA) is 15.8 Å². The number of nitrogens with one attached hydrogen (secondary N) is 1. The number of para-hydroxylation sites is 1. The lowest BCUT2D eigenvalue weighted by atomic mass is 10.0. The van der Waals surface area contributed by atoms with Gasteiger partial charge in [0, 0.05) is 16.6 Å². The maximum Gasteiger partial charge on any atom is 0.147 e. The zero-order valence-electron chi connectivity index (χ0n) is 10.7. The normalized spacial score (nSPS) is 11.2. The van der Waals surface area contributed by atoms with E-state index < -0.39 is 0 Å². The van der Waals surface area contributed by atoms with Gasteiger partial charge in [0.2, 0.25) is 0 Å². The van der Waals surface area contributed by atoms with Crippen molar-refractivity contribution < 1.29 is 4.39 Å². The van der Waals surface area contributed by atoms with Gasteiger partial charge in [0.25, 0.3) is 0 Å². The Balaban J connectivity index is 2.04. The van der Waals surface area contributed by atoms with E-state index in [9.17, 15) is 4.39 Å². The van der Waals surface area contributed by atoms with Gasteiger partial charge in [-0.1, -0.05) is 54.6 Å². The van der Waals surface area contributed by atoms with E-state index in [1.165, 1.54) is 16.8 Å². The summed E-state index contributed by atoms with van der Waals surface area (Å²) < 4.78 is 13.8. The van der Waals surface area contributed by atoms with Gasteiger partial charge in [-0.25, -0.2) is 4.39 Å². The largest absolute Gasteiger partial charge is 0.352 e. The summed E-state index contributed by atoms with van der Waals surface area (Å²) in [4.78, 5) is 3.20. The average molecular weight is 261 g/mol.